The summed E-state index contributed by atoms with van der Waals surface area (Å²) in [5.41, 5.74) is 1.55. The number of ether oxygens (including phenoxy) is 6. The fraction of sp³-hybridized carbons (Fsp3) is 0.333. The molecule has 13 heteroatoms. The summed E-state index contributed by atoms with van der Waals surface area (Å²) < 4.78 is 34.7. The lowest BCUT2D eigenvalue weighted by Crippen LogP contribution is -2.40. The van der Waals surface area contributed by atoms with E-state index in [1.54, 1.807) is 57.2 Å². The number of methoxy groups -OCH3 is 3. The Bertz CT molecular complexity index is 1760. The maximum absolute atomic E-state index is 14.0. The van der Waals surface area contributed by atoms with Crippen molar-refractivity contribution in [1.82, 2.24) is 4.57 Å². The first-order chi connectivity index (χ1) is 20.7. The number of aromatic nitrogens is 1. The lowest BCUT2D eigenvalue weighted by molar-refractivity contribution is -0.145. The van der Waals surface area contributed by atoms with Crippen molar-refractivity contribution >= 4 is 45.3 Å². The van der Waals surface area contributed by atoms with Crippen molar-refractivity contribution in [2.24, 2.45) is 4.99 Å². The molecule has 43 heavy (non-hydrogen) atoms. The second-order valence-corrected chi connectivity index (χ2v) is 10.9. The third kappa shape index (κ3) is 6.62. The van der Waals surface area contributed by atoms with Gasteiger partial charge < -0.3 is 28.4 Å². The van der Waals surface area contributed by atoms with E-state index >= 15 is 0 Å². The zero-order valence-electron chi connectivity index (χ0n) is 24.5. The summed E-state index contributed by atoms with van der Waals surface area (Å²) in [4.78, 5) is 44.0. The van der Waals surface area contributed by atoms with E-state index in [-0.39, 0.29) is 31.0 Å². The number of carbonyl (C=O) groups excluding carboxylic acids is 2. The highest BCUT2D eigenvalue weighted by Gasteiger charge is 2.35. The van der Waals surface area contributed by atoms with Gasteiger partial charge in [-0.15, -0.1) is 0 Å². The number of benzene rings is 2. The number of thiazole rings is 1. The molecule has 1 aromatic heterocycles. The van der Waals surface area contributed by atoms with Crippen molar-refractivity contribution in [2.45, 2.75) is 26.8 Å². The van der Waals surface area contributed by atoms with Crippen LogP contribution >= 0.6 is 27.3 Å². The summed E-state index contributed by atoms with van der Waals surface area (Å²) in [6.45, 7) is 5.28. The van der Waals surface area contributed by atoms with Crippen molar-refractivity contribution in [3.8, 4) is 23.0 Å². The van der Waals surface area contributed by atoms with Crippen LogP contribution < -0.4 is 33.8 Å². The third-order valence-electron chi connectivity index (χ3n) is 6.45. The summed E-state index contributed by atoms with van der Waals surface area (Å²) in [7, 11) is 4.51. The monoisotopic (exact) mass is 674 g/mol. The van der Waals surface area contributed by atoms with E-state index in [9.17, 15) is 14.4 Å². The van der Waals surface area contributed by atoms with Crippen LogP contribution in [0, 0.1) is 0 Å². The SMILES string of the molecule is CCOC(=O)COc1ccc(/C=c2\sc3n(c2=O)[C@H](c2cc(OC)c(OC)cc2Br)C(C(=O)OCC)=C(C)N=3)cc1OC. The standard InChI is InChI=1S/C30H31BrN2O9S/c1-7-40-25(34)15-42-20-10-9-17(11-21(20)37-4)12-24-28(35)33-27(18-13-22(38-5)23(39-6)14-19(18)31)26(29(36)41-8-2)16(3)32-30(33)43-24/h9-14,27H,7-8,15H2,1-6H3/b24-12-/t27-/m1/s1. The number of fused-ring (bicyclic) bond motifs is 1. The Hall–Kier alpha value is -4.10. The number of allylic oxidation sites excluding steroid dienone is 1. The topological polar surface area (TPSA) is 124 Å². The van der Waals surface area contributed by atoms with Crippen molar-refractivity contribution in [2.75, 3.05) is 41.2 Å². The van der Waals surface area contributed by atoms with Crippen LogP contribution in [0.1, 0.15) is 37.9 Å². The number of halogens is 1. The molecule has 11 nitrogen and oxygen atoms in total. The average molecular weight is 676 g/mol. The summed E-state index contributed by atoms with van der Waals surface area (Å²) in [5.74, 6) is 0.557. The van der Waals surface area contributed by atoms with Gasteiger partial charge in [-0.25, -0.2) is 14.6 Å². The maximum Gasteiger partial charge on any atom is 0.344 e. The van der Waals surface area contributed by atoms with Crippen LogP contribution in [0.4, 0.5) is 0 Å². The largest absolute Gasteiger partial charge is 0.493 e. The molecule has 0 saturated carbocycles. The minimum Gasteiger partial charge on any atom is -0.493 e. The molecule has 2 heterocycles. The average Bonchev–Trinajstić information content (AvgIpc) is 3.29. The van der Waals surface area contributed by atoms with Gasteiger partial charge in [0.05, 0.1) is 56.4 Å². The molecular formula is C30H31BrN2O9S. The van der Waals surface area contributed by atoms with Crippen molar-refractivity contribution in [1.29, 1.82) is 0 Å². The third-order valence-corrected chi connectivity index (χ3v) is 8.12. The minimum absolute atomic E-state index is 0.154. The molecule has 0 spiro atoms. The molecule has 1 atom stereocenters. The zero-order valence-corrected chi connectivity index (χ0v) is 26.9. The Balaban J connectivity index is 1.86. The molecule has 0 radical (unpaired) electrons. The van der Waals surface area contributed by atoms with Gasteiger partial charge in [-0.05, 0) is 62.2 Å². The molecule has 2 aromatic carbocycles. The molecule has 1 aliphatic rings. The van der Waals surface area contributed by atoms with E-state index in [0.717, 1.165) is 0 Å². The van der Waals surface area contributed by atoms with Gasteiger partial charge in [0.1, 0.15) is 0 Å². The van der Waals surface area contributed by atoms with Crippen molar-refractivity contribution in [3.63, 3.8) is 0 Å². The Kier molecular flexibility index (Phi) is 10.3. The summed E-state index contributed by atoms with van der Waals surface area (Å²) >= 11 is 4.78. The summed E-state index contributed by atoms with van der Waals surface area (Å²) in [6.07, 6.45) is 1.70. The molecule has 3 aromatic rings. The number of nitrogens with zero attached hydrogens (tertiary/aromatic N) is 2. The van der Waals surface area contributed by atoms with Gasteiger partial charge in [0, 0.05) is 4.47 Å². The van der Waals surface area contributed by atoms with E-state index in [1.165, 1.54) is 37.2 Å². The Morgan fingerprint density at radius 3 is 2.28 bits per heavy atom. The lowest BCUT2D eigenvalue weighted by atomic mass is 9.95. The molecule has 0 unspecified atom stereocenters. The van der Waals surface area contributed by atoms with Crippen LogP contribution in [0.5, 0.6) is 23.0 Å². The Morgan fingerprint density at radius 1 is 0.977 bits per heavy atom. The van der Waals surface area contributed by atoms with E-state index < -0.39 is 18.0 Å². The highest BCUT2D eigenvalue weighted by atomic mass is 79.9. The van der Waals surface area contributed by atoms with Crippen molar-refractivity contribution in [3.05, 3.63) is 76.9 Å². The van der Waals surface area contributed by atoms with Crippen LogP contribution in [0.25, 0.3) is 6.08 Å². The molecule has 0 bridgehead atoms. The van der Waals surface area contributed by atoms with Crippen LogP contribution in [0.15, 0.2) is 55.9 Å². The quantitative estimate of drug-likeness (QED) is 0.281. The first-order valence-corrected chi connectivity index (χ1v) is 14.9. The molecule has 4 rings (SSSR count). The van der Waals surface area contributed by atoms with Gasteiger partial charge in [0.15, 0.2) is 34.4 Å². The number of esters is 2. The number of rotatable bonds is 11. The zero-order chi connectivity index (χ0) is 31.3. The number of hydrogen-bond acceptors (Lipinski definition) is 11. The molecule has 0 fully saturated rings. The van der Waals surface area contributed by atoms with E-state index in [1.807, 2.05) is 0 Å². The highest BCUT2D eigenvalue weighted by molar-refractivity contribution is 9.10. The van der Waals surface area contributed by atoms with Gasteiger partial charge in [0.2, 0.25) is 0 Å². The van der Waals surface area contributed by atoms with Crippen LogP contribution in [0.3, 0.4) is 0 Å². The molecule has 228 valence electrons. The molecule has 0 aliphatic carbocycles. The normalized spacial score (nSPS) is 14.5. The molecule has 0 N–H and O–H groups in total. The van der Waals surface area contributed by atoms with E-state index in [0.29, 0.717) is 53.6 Å². The molecule has 0 saturated heterocycles. The van der Waals surface area contributed by atoms with Gasteiger partial charge in [-0.2, -0.15) is 0 Å². The first-order valence-electron chi connectivity index (χ1n) is 13.2. The smallest absolute Gasteiger partial charge is 0.344 e. The van der Waals surface area contributed by atoms with E-state index in [2.05, 4.69) is 20.9 Å². The summed E-state index contributed by atoms with van der Waals surface area (Å²) in [6, 6.07) is 7.66. The number of carbonyl (C=O) groups is 2. The minimum atomic E-state index is -0.861. The Morgan fingerprint density at radius 2 is 1.63 bits per heavy atom. The summed E-state index contributed by atoms with van der Waals surface area (Å²) in [5, 5.41) is 0. The second kappa shape index (κ2) is 13.9. The van der Waals surface area contributed by atoms with E-state index in [4.69, 9.17) is 28.4 Å². The lowest BCUT2D eigenvalue weighted by Gasteiger charge is -2.26. The molecular weight excluding hydrogens is 644 g/mol. The van der Waals surface area contributed by atoms with Gasteiger partial charge in [-0.1, -0.05) is 33.3 Å². The Labute approximate surface area is 260 Å². The first kappa shape index (κ1) is 31.8. The highest BCUT2D eigenvalue weighted by Crippen LogP contribution is 2.40. The molecule has 1 aliphatic heterocycles. The fourth-order valence-corrected chi connectivity index (χ4v) is 6.13. The van der Waals surface area contributed by atoms with Crippen LogP contribution in [-0.2, 0) is 19.1 Å². The molecule has 0 amide bonds. The predicted molar refractivity (Wildman–Crippen MR) is 163 cm³/mol. The van der Waals surface area contributed by atoms with Gasteiger partial charge in [0.25, 0.3) is 5.56 Å². The van der Waals surface area contributed by atoms with Crippen LogP contribution in [0.2, 0.25) is 0 Å². The van der Waals surface area contributed by atoms with Gasteiger partial charge >= 0.3 is 11.9 Å². The fourth-order valence-electron chi connectivity index (χ4n) is 4.55. The second-order valence-electron chi connectivity index (χ2n) is 9.03. The van der Waals surface area contributed by atoms with Gasteiger partial charge in [-0.3, -0.25) is 9.36 Å². The number of hydrogen-bond donors (Lipinski definition) is 0. The van der Waals surface area contributed by atoms with Crippen LogP contribution in [-0.4, -0.2) is 57.7 Å². The van der Waals surface area contributed by atoms with Crippen molar-refractivity contribution < 1.29 is 38.0 Å². The predicted octanol–water partition coefficient (Wildman–Crippen LogP) is 3.53. The maximum atomic E-state index is 14.0.